The van der Waals surface area contributed by atoms with Crippen LogP contribution in [0.15, 0.2) is 35.1 Å². The first kappa shape index (κ1) is 14.8. The van der Waals surface area contributed by atoms with Crippen LogP contribution in [0.1, 0.15) is 21.6 Å². The molecular weight excluding hydrogens is 287 g/mol. The van der Waals surface area contributed by atoms with Crippen LogP contribution in [0.2, 0.25) is 0 Å². The Morgan fingerprint density at radius 1 is 1.29 bits per heavy atom. The molecule has 0 unspecified atom stereocenters. The molecule has 1 aromatic heterocycles. The van der Waals surface area contributed by atoms with Gasteiger partial charge in [0.2, 0.25) is 5.95 Å². The molecule has 1 heterocycles. The molecule has 0 atom stereocenters. The van der Waals surface area contributed by atoms with E-state index in [-0.39, 0.29) is 5.56 Å². The molecule has 0 saturated carbocycles. The minimum Gasteiger partial charge on any atom is -0.292 e. The second kappa shape index (κ2) is 5.39. The number of nitrogens with zero attached hydrogens (tertiary/aromatic N) is 1. The summed E-state index contributed by atoms with van der Waals surface area (Å²) in [5.74, 6) is -1.22. The second-order valence-electron chi connectivity index (χ2n) is 4.30. The van der Waals surface area contributed by atoms with Gasteiger partial charge in [-0.2, -0.15) is 13.2 Å². The van der Waals surface area contributed by atoms with E-state index >= 15 is 0 Å². The van der Waals surface area contributed by atoms with Gasteiger partial charge in [-0.3, -0.25) is 19.9 Å². The molecule has 0 spiro atoms. The number of alkyl halides is 3. The minimum absolute atomic E-state index is 0.245. The lowest BCUT2D eigenvalue weighted by atomic mass is 10.1. The van der Waals surface area contributed by atoms with Crippen LogP contribution in [0.5, 0.6) is 0 Å². The topological polar surface area (TPSA) is 74.8 Å². The summed E-state index contributed by atoms with van der Waals surface area (Å²) in [6.07, 6.45) is -4.77. The van der Waals surface area contributed by atoms with Gasteiger partial charge in [-0.15, -0.1) is 0 Å². The number of carbonyl (C=O) groups is 1. The summed E-state index contributed by atoms with van der Waals surface area (Å²) >= 11 is 0. The molecule has 5 nitrogen and oxygen atoms in total. The zero-order chi connectivity index (χ0) is 15.6. The van der Waals surface area contributed by atoms with E-state index in [0.717, 1.165) is 5.56 Å². The standard InChI is InChI=1S/C13H10F3N3O2/c1-7-3-2-4-8(5-7)11(21)19-12-17-9(13(14,15)16)6-10(20)18-12/h2-6H,1H3,(H2,17,18,19,20,21). The number of hydrogen-bond donors (Lipinski definition) is 2. The monoisotopic (exact) mass is 297 g/mol. The minimum atomic E-state index is -4.77. The summed E-state index contributed by atoms with van der Waals surface area (Å²) in [7, 11) is 0. The summed E-state index contributed by atoms with van der Waals surface area (Å²) in [6, 6.07) is 6.77. The number of hydrogen-bond acceptors (Lipinski definition) is 3. The fraction of sp³-hybridized carbons (Fsp3) is 0.154. The molecule has 1 aromatic carbocycles. The number of aromatic nitrogens is 2. The van der Waals surface area contributed by atoms with Crippen molar-refractivity contribution in [2.24, 2.45) is 0 Å². The number of aromatic amines is 1. The van der Waals surface area contributed by atoms with Gasteiger partial charge in [0.1, 0.15) is 0 Å². The summed E-state index contributed by atoms with van der Waals surface area (Å²) in [5, 5.41) is 2.13. The third-order valence-electron chi connectivity index (χ3n) is 2.54. The summed E-state index contributed by atoms with van der Waals surface area (Å²) in [5.41, 5.74) is -1.31. The molecule has 110 valence electrons. The fourth-order valence-electron chi connectivity index (χ4n) is 1.63. The highest BCUT2D eigenvalue weighted by Crippen LogP contribution is 2.26. The number of amides is 1. The van der Waals surface area contributed by atoms with E-state index in [9.17, 15) is 22.8 Å². The number of rotatable bonds is 2. The Hall–Kier alpha value is -2.64. The van der Waals surface area contributed by atoms with Gasteiger partial charge in [0.25, 0.3) is 11.5 Å². The number of anilines is 1. The van der Waals surface area contributed by atoms with Gasteiger partial charge < -0.3 is 0 Å². The third kappa shape index (κ3) is 3.68. The van der Waals surface area contributed by atoms with E-state index in [1.54, 1.807) is 25.1 Å². The molecular formula is C13H10F3N3O2. The maximum atomic E-state index is 12.5. The Labute approximate surface area is 116 Å². The molecule has 2 rings (SSSR count). The second-order valence-corrected chi connectivity index (χ2v) is 4.30. The van der Waals surface area contributed by atoms with Crippen LogP contribution in [-0.2, 0) is 6.18 Å². The van der Waals surface area contributed by atoms with Gasteiger partial charge >= 0.3 is 6.18 Å². The molecule has 8 heteroatoms. The Bertz CT molecular complexity index is 738. The van der Waals surface area contributed by atoms with Crippen LogP contribution in [0.25, 0.3) is 0 Å². The molecule has 0 radical (unpaired) electrons. The van der Waals surface area contributed by atoms with E-state index in [2.05, 4.69) is 10.3 Å². The Balaban J connectivity index is 2.30. The highest BCUT2D eigenvalue weighted by atomic mass is 19.4. The first-order chi connectivity index (χ1) is 9.75. The molecule has 2 N–H and O–H groups in total. The van der Waals surface area contributed by atoms with Crippen LogP contribution < -0.4 is 10.9 Å². The van der Waals surface area contributed by atoms with E-state index in [1.807, 2.05) is 4.98 Å². The van der Waals surface area contributed by atoms with Crippen molar-refractivity contribution in [3.8, 4) is 0 Å². The van der Waals surface area contributed by atoms with Crippen molar-refractivity contribution in [1.82, 2.24) is 9.97 Å². The van der Waals surface area contributed by atoms with Crippen LogP contribution in [0.4, 0.5) is 19.1 Å². The fourth-order valence-corrected chi connectivity index (χ4v) is 1.63. The lowest BCUT2D eigenvalue weighted by Crippen LogP contribution is -2.21. The third-order valence-corrected chi connectivity index (χ3v) is 2.54. The van der Waals surface area contributed by atoms with Crippen molar-refractivity contribution in [2.45, 2.75) is 13.1 Å². The van der Waals surface area contributed by atoms with Gasteiger partial charge in [0.15, 0.2) is 5.69 Å². The molecule has 2 aromatic rings. The number of H-pyrrole nitrogens is 1. The Morgan fingerprint density at radius 3 is 2.62 bits per heavy atom. The molecule has 0 bridgehead atoms. The van der Waals surface area contributed by atoms with Gasteiger partial charge in [-0.05, 0) is 19.1 Å². The Morgan fingerprint density at radius 2 is 2.00 bits per heavy atom. The lowest BCUT2D eigenvalue weighted by molar-refractivity contribution is -0.141. The number of nitrogens with one attached hydrogen (secondary N) is 2. The Kier molecular flexibility index (Phi) is 3.79. The number of halogens is 3. The maximum Gasteiger partial charge on any atom is 0.433 e. The number of benzene rings is 1. The van der Waals surface area contributed by atoms with Gasteiger partial charge in [0.05, 0.1) is 0 Å². The van der Waals surface area contributed by atoms with E-state index in [4.69, 9.17) is 0 Å². The zero-order valence-corrected chi connectivity index (χ0v) is 10.8. The SMILES string of the molecule is Cc1cccc(C(=O)Nc2nc(C(F)(F)F)cc(=O)[nH]2)c1. The predicted molar refractivity (Wildman–Crippen MR) is 69.0 cm³/mol. The smallest absolute Gasteiger partial charge is 0.292 e. The lowest BCUT2D eigenvalue weighted by Gasteiger charge is -2.08. The average Bonchev–Trinajstić information content (AvgIpc) is 2.37. The molecule has 0 aliphatic rings. The van der Waals surface area contributed by atoms with E-state index in [0.29, 0.717) is 6.07 Å². The maximum absolute atomic E-state index is 12.5. The molecule has 0 aliphatic heterocycles. The van der Waals surface area contributed by atoms with E-state index < -0.39 is 29.3 Å². The van der Waals surface area contributed by atoms with Gasteiger partial charge in [0, 0.05) is 11.6 Å². The van der Waals surface area contributed by atoms with Crippen LogP contribution in [-0.4, -0.2) is 15.9 Å². The normalized spacial score (nSPS) is 11.2. The van der Waals surface area contributed by atoms with Crippen molar-refractivity contribution < 1.29 is 18.0 Å². The van der Waals surface area contributed by atoms with Crippen molar-refractivity contribution in [3.05, 3.63) is 57.5 Å². The quantitative estimate of drug-likeness (QED) is 0.893. The number of aryl methyl sites for hydroxylation is 1. The van der Waals surface area contributed by atoms with Crippen molar-refractivity contribution in [3.63, 3.8) is 0 Å². The van der Waals surface area contributed by atoms with Crippen molar-refractivity contribution in [1.29, 1.82) is 0 Å². The molecule has 21 heavy (non-hydrogen) atoms. The predicted octanol–water partition coefficient (Wildman–Crippen LogP) is 2.35. The van der Waals surface area contributed by atoms with Crippen LogP contribution >= 0.6 is 0 Å². The zero-order valence-electron chi connectivity index (χ0n) is 10.8. The van der Waals surface area contributed by atoms with Gasteiger partial charge in [-0.25, -0.2) is 4.98 Å². The first-order valence-electron chi connectivity index (χ1n) is 5.82. The molecule has 0 aliphatic carbocycles. The largest absolute Gasteiger partial charge is 0.433 e. The molecule has 0 fully saturated rings. The van der Waals surface area contributed by atoms with Crippen molar-refractivity contribution in [2.75, 3.05) is 5.32 Å². The molecule has 1 amide bonds. The average molecular weight is 297 g/mol. The van der Waals surface area contributed by atoms with Crippen LogP contribution in [0, 0.1) is 6.92 Å². The van der Waals surface area contributed by atoms with Gasteiger partial charge in [-0.1, -0.05) is 17.7 Å². The number of carbonyl (C=O) groups excluding carboxylic acids is 1. The highest BCUT2D eigenvalue weighted by Gasteiger charge is 2.33. The highest BCUT2D eigenvalue weighted by molar-refractivity contribution is 6.03. The van der Waals surface area contributed by atoms with Crippen LogP contribution in [0.3, 0.4) is 0 Å². The summed E-state index contributed by atoms with van der Waals surface area (Å²) in [4.78, 5) is 28.3. The summed E-state index contributed by atoms with van der Waals surface area (Å²) < 4.78 is 37.6. The summed E-state index contributed by atoms with van der Waals surface area (Å²) in [6.45, 7) is 1.77. The van der Waals surface area contributed by atoms with Crippen molar-refractivity contribution >= 4 is 11.9 Å². The first-order valence-corrected chi connectivity index (χ1v) is 5.82. The molecule has 0 saturated heterocycles. The van der Waals surface area contributed by atoms with E-state index in [1.165, 1.54) is 6.07 Å².